The molecule has 3 aromatic carbocycles. The molecule has 1 N–H and O–H groups in total. The van der Waals surface area contributed by atoms with E-state index in [2.05, 4.69) is 4.98 Å². The van der Waals surface area contributed by atoms with Gasteiger partial charge in [-0.25, -0.2) is 9.78 Å². The predicted octanol–water partition coefficient (Wildman–Crippen LogP) is 6.36. The Morgan fingerprint density at radius 1 is 0.975 bits per heavy atom. The Kier molecular flexibility index (Phi) is 7.48. The number of aliphatic hydroxyl groups excluding tert-OH is 1. The lowest BCUT2D eigenvalue weighted by atomic mass is 9.95. The zero-order valence-electron chi connectivity index (χ0n) is 22.1. The number of nitrogens with zero attached hydrogens (tertiary/aromatic N) is 2. The molecule has 0 aliphatic carbocycles. The highest BCUT2D eigenvalue weighted by Gasteiger charge is 2.48. The van der Waals surface area contributed by atoms with E-state index < -0.39 is 23.7 Å². The van der Waals surface area contributed by atoms with E-state index in [0.717, 1.165) is 16.9 Å². The summed E-state index contributed by atoms with van der Waals surface area (Å²) in [6.07, 6.45) is 0. The fraction of sp³-hybridized carbons (Fsp3) is 0.161. The smallest absolute Gasteiger partial charge is 0.350 e. The number of thiazole rings is 1. The summed E-state index contributed by atoms with van der Waals surface area (Å²) in [5.41, 5.74) is 2.18. The van der Waals surface area contributed by atoms with Crippen LogP contribution >= 0.6 is 11.3 Å². The number of aryl methyl sites for hydroxylation is 2. The highest BCUT2D eigenvalue weighted by molar-refractivity contribution is 7.17. The number of esters is 1. The van der Waals surface area contributed by atoms with Gasteiger partial charge in [0.25, 0.3) is 5.78 Å². The number of aromatic nitrogens is 1. The molecule has 40 heavy (non-hydrogen) atoms. The van der Waals surface area contributed by atoms with Gasteiger partial charge in [-0.15, -0.1) is 0 Å². The van der Waals surface area contributed by atoms with Gasteiger partial charge in [0.05, 0.1) is 23.9 Å². The van der Waals surface area contributed by atoms with E-state index in [9.17, 15) is 19.5 Å². The average Bonchev–Trinajstić information content (AvgIpc) is 3.46. The molecule has 2 heterocycles. The fourth-order valence-corrected chi connectivity index (χ4v) is 5.44. The number of hydrogen-bond donors (Lipinski definition) is 1. The Bertz CT molecular complexity index is 1630. The van der Waals surface area contributed by atoms with Gasteiger partial charge in [-0.3, -0.25) is 14.5 Å². The highest BCUT2D eigenvalue weighted by Crippen LogP contribution is 2.44. The van der Waals surface area contributed by atoms with Crippen molar-refractivity contribution in [2.45, 2.75) is 26.8 Å². The molecule has 1 saturated heterocycles. The summed E-state index contributed by atoms with van der Waals surface area (Å²) in [4.78, 5) is 45.5. The van der Waals surface area contributed by atoms with Crippen LogP contribution in [0.5, 0.6) is 11.5 Å². The number of benzene rings is 3. The second-order valence-corrected chi connectivity index (χ2v) is 10.1. The zero-order valence-corrected chi connectivity index (χ0v) is 22.9. The topological polar surface area (TPSA) is 106 Å². The summed E-state index contributed by atoms with van der Waals surface area (Å²) < 4.78 is 11.1. The van der Waals surface area contributed by atoms with Gasteiger partial charge in [0.15, 0.2) is 5.13 Å². The lowest BCUT2D eigenvalue weighted by Gasteiger charge is -2.23. The minimum atomic E-state index is -1.03. The van der Waals surface area contributed by atoms with Gasteiger partial charge in [-0.2, -0.15) is 0 Å². The first-order chi connectivity index (χ1) is 19.3. The van der Waals surface area contributed by atoms with Gasteiger partial charge in [-0.1, -0.05) is 71.5 Å². The predicted molar refractivity (Wildman–Crippen MR) is 152 cm³/mol. The zero-order chi connectivity index (χ0) is 28.4. The van der Waals surface area contributed by atoms with E-state index in [1.54, 1.807) is 50.2 Å². The van der Waals surface area contributed by atoms with Gasteiger partial charge in [-0.05, 0) is 50.6 Å². The molecule has 1 aromatic heterocycles. The van der Waals surface area contributed by atoms with E-state index in [4.69, 9.17) is 9.47 Å². The van der Waals surface area contributed by atoms with E-state index in [-0.39, 0.29) is 27.9 Å². The number of anilines is 1. The lowest BCUT2D eigenvalue weighted by molar-refractivity contribution is -0.132. The largest absolute Gasteiger partial charge is 0.507 e. The second-order valence-electron chi connectivity index (χ2n) is 9.15. The highest BCUT2D eigenvalue weighted by atomic mass is 32.1. The Morgan fingerprint density at radius 2 is 1.68 bits per heavy atom. The van der Waals surface area contributed by atoms with Gasteiger partial charge in [0.1, 0.15) is 22.1 Å². The van der Waals surface area contributed by atoms with Crippen LogP contribution < -0.4 is 9.64 Å². The summed E-state index contributed by atoms with van der Waals surface area (Å²) >= 11 is 0.959. The first-order valence-corrected chi connectivity index (χ1v) is 13.5. The van der Waals surface area contributed by atoms with Crippen molar-refractivity contribution in [2.75, 3.05) is 11.5 Å². The van der Waals surface area contributed by atoms with Crippen molar-refractivity contribution in [1.82, 2.24) is 4.98 Å². The summed E-state index contributed by atoms with van der Waals surface area (Å²) in [5.74, 6) is -1.50. The first-order valence-electron chi connectivity index (χ1n) is 12.6. The van der Waals surface area contributed by atoms with Crippen molar-refractivity contribution < 1.29 is 29.0 Å². The Labute approximate surface area is 235 Å². The van der Waals surface area contributed by atoms with Crippen molar-refractivity contribution in [2.24, 2.45) is 0 Å². The van der Waals surface area contributed by atoms with E-state index in [1.807, 2.05) is 49.4 Å². The maximum atomic E-state index is 13.5. The van der Waals surface area contributed by atoms with E-state index in [0.29, 0.717) is 28.3 Å². The number of carbonyl (C=O) groups is 3. The third kappa shape index (κ3) is 5.11. The number of rotatable bonds is 7. The van der Waals surface area contributed by atoms with Crippen molar-refractivity contribution in [3.63, 3.8) is 0 Å². The third-order valence-electron chi connectivity index (χ3n) is 6.37. The van der Waals surface area contributed by atoms with Gasteiger partial charge >= 0.3 is 11.9 Å². The number of ketones is 1. The van der Waals surface area contributed by atoms with Crippen LogP contribution in [0, 0.1) is 13.8 Å². The van der Waals surface area contributed by atoms with Crippen LogP contribution in [-0.4, -0.2) is 34.4 Å². The van der Waals surface area contributed by atoms with Crippen LogP contribution in [0.1, 0.15) is 45.0 Å². The first kappa shape index (κ1) is 26.8. The molecule has 1 aliphatic rings. The number of aliphatic hydroxyl groups is 1. The van der Waals surface area contributed by atoms with E-state index in [1.165, 1.54) is 4.90 Å². The van der Waals surface area contributed by atoms with Crippen molar-refractivity contribution in [3.8, 4) is 11.5 Å². The molecule has 1 amide bonds. The molecule has 202 valence electrons. The molecule has 0 saturated carbocycles. The molecule has 1 atom stereocenters. The molecular formula is C31H26N2O6S. The Hall–Kier alpha value is -4.76. The molecule has 0 spiro atoms. The number of Topliss-reactive ketones (excluding diaryl/α,β-unsaturated/α-hetero) is 1. The third-order valence-corrected chi connectivity index (χ3v) is 7.51. The molecule has 5 rings (SSSR count). The van der Waals surface area contributed by atoms with Gasteiger partial charge in [0, 0.05) is 5.56 Å². The minimum Gasteiger partial charge on any atom is -0.507 e. The molecule has 4 aromatic rings. The van der Waals surface area contributed by atoms with Crippen molar-refractivity contribution in [3.05, 3.63) is 112 Å². The van der Waals surface area contributed by atoms with Crippen LogP contribution in [0.25, 0.3) is 5.76 Å². The van der Waals surface area contributed by atoms with Crippen LogP contribution in [0.3, 0.4) is 0 Å². The van der Waals surface area contributed by atoms with Crippen LogP contribution in [-0.2, 0) is 14.3 Å². The molecule has 8 nitrogen and oxygen atoms in total. The molecular weight excluding hydrogens is 528 g/mol. The quantitative estimate of drug-likeness (QED) is 0.123. The SMILES string of the molecule is CCOC(=O)c1sc(N2C(=O)C(=O)C(=C(O)c3ccc(C)cc3)C2c2cccc(Oc3ccccc3)c2)nc1C. The molecule has 1 fully saturated rings. The monoisotopic (exact) mass is 554 g/mol. The van der Waals surface area contributed by atoms with Crippen LogP contribution in [0.15, 0.2) is 84.4 Å². The molecule has 1 aliphatic heterocycles. The van der Waals surface area contributed by atoms with Crippen LogP contribution in [0.4, 0.5) is 5.13 Å². The Balaban J connectivity index is 1.66. The number of ether oxygens (including phenoxy) is 2. The number of amides is 1. The normalized spacial score (nSPS) is 16.3. The molecule has 0 radical (unpaired) electrons. The van der Waals surface area contributed by atoms with E-state index >= 15 is 0 Å². The number of hydrogen-bond acceptors (Lipinski definition) is 8. The van der Waals surface area contributed by atoms with Crippen molar-refractivity contribution in [1.29, 1.82) is 0 Å². The number of para-hydroxylation sites is 1. The van der Waals surface area contributed by atoms with Crippen LogP contribution in [0.2, 0.25) is 0 Å². The summed E-state index contributed by atoms with van der Waals surface area (Å²) in [6.45, 7) is 5.43. The lowest BCUT2D eigenvalue weighted by Crippen LogP contribution is -2.29. The van der Waals surface area contributed by atoms with Crippen molar-refractivity contribution >= 4 is 39.9 Å². The summed E-state index contributed by atoms with van der Waals surface area (Å²) in [7, 11) is 0. The minimum absolute atomic E-state index is 0.0868. The van der Waals surface area contributed by atoms with Gasteiger partial charge < -0.3 is 14.6 Å². The second kappa shape index (κ2) is 11.2. The maximum Gasteiger partial charge on any atom is 0.350 e. The maximum absolute atomic E-state index is 13.5. The standard InChI is InChI=1S/C31H26N2O6S/c1-4-38-30(37)28-19(3)32-31(40-28)33-25(21-9-8-12-23(17-21)39-22-10-6-5-7-11-22)24(27(35)29(33)36)26(34)20-15-13-18(2)14-16-20/h5-17,25,34H,4H2,1-3H3. The number of carbonyl (C=O) groups excluding carboxylic acids is 3. The molecule has 0 bridgehead atoms. The summed E-state index contributed by atoms with van der Waals surface area (Å²) in [6, 6.07) is 22.1. The average molecular weight is 555 g/mol. The summed E-state index contributed by atoms with van der Waals surface area (Å²) in [5, 5.41) is 11.5. The van der Waals surface area contributed by atoms with Gasteiger partial charge in [0.2, 0.25) is 0 Å². The molecule has 9 heteroatoms. The fourth-order valence-electron chi connectivity index (χ4n) is 4.46. The molecule has 1 unspecified atom stereocenters. The Morgan fingerprint density at radius 3 is 2.38 bits per heavy atom.